The van der Waals surface area contributed by atoms with Crippen LogP contribution in [-0.2, 0) is 15.0 Å². The highest BCUT2D eigenvalue weighted by atomic mass is 32.3. The smallest absolute Gasteiger partial charge is 0.312 e. The summed E-state index contributed by atoms with van der Waals surface area (Å²) in [6.07, 6.45) is 0.284. The van der Waals surface area contributed by atoms with Crippen LogP contribution in [0.15, 0.2) is 0 Å². The van der Waals surface area contributed by atoms with Crippen LogP contribution in [0.2, 0.25) is 0 Å². The zero-order valence-electron chi connectivity index (χ0n) is 5.63. The molecule has 1 aliphatic rings. The molecule has 0 saturated carbocycles. The first-order chi connectivity index (χ1) is 4.52. The first-order valence-corrected chi connectivity index (χ1v) is 4.42. The Hall–Kier alpha value is -0.160. The van der Waals surface area contributed by atoms with Crippen molar-refractivity contribution in [2.24, 2.45) is 0 Å². The summed E-state index contributed by atoms with van der Waals surface area (Å²) < 4.78 is 36.6. The molecule has 0 atom stereocenters. The second-order valence-electron chi connectivity index (χ2n) is 2.47. The molecule has 10 heavy (non-hydrogen) atoms. The first-order valence-electron chi connectivity index (χ1n) is 3.04. The van der Waals surface area contributed by atoms with E-state index in [0.29, 0.717) is 0 Å². The summed E-state index contributed by atoms with van der Waals surface area (Å²) >= 11 is 0. The summed E-state index contributed by atoms with van der Waals surface area (Å²) in [7, 11) is -4.40. The zero-order valence-corrected chi connectivity index (χ0v) is 6.45. The van der Waals surface area contributed by atoms with Crippen LogP contribution in [0.25, 0.3) is 0 Å². The lowest BCUT2D eigenvalue weighted by atomic mass is 10.0. The van der Waals surface area contributed by atoms with Crippen LogP contribution in [0, 0.1) is 0 Å². The van der Waals surface area contributed by atoms with E-state index in [1.165, 1.54) is 0 Å². The number of hydrogen-bond donors (Lipinski definition) is 0. The average Bonchev–Trinajstić information content (AvgIpc) is 1.58. The molecule has 1 saturated heterocycles. The normalized spacial score (nSPS) is 23.8. The molecule has 1 heterocycles. The maximum Gasteiger partial charge on any atom is 0.312 e. The fourth-order valence-corrected chi connectivity index (χ4v) is 1.64. The van der Waals surface area contributed by atoms with Crippen LogP contribution in [0.1, 0.15) is 13.3 Å². The molecule has 0 radical (unpaired) electrons. The van der Waals surface area contributed by atoms with Gasteiger partial charge in [-0.3, -0.25) is 0 Å². The van der Waals surface area contributed by atoms with E-state index < -0.39 is 15.0 Å². The van der Waals surface area contributed by atoms with Crippen LogP contribution < -0.4 is 0 Å². The van der Waals surface area contributed by atoms with Gasteiger partial charge in [0, 0.05) is 0 Å². The van der Waals surface area contributed by atoms with Crippen LogP contribution in [0.3, 0.4) is 0 Å². The molecule has 1 fully saturated rings. The van der Waals surface area contributed by atoms with Gasteiger partial charge in [-0.05, 0) is 6.42 Å². The molecule has 0 amide bonds. The summed E-state index contributed by atoms with van der Waals surface area (Å²) in [4.78, 5) is 0. The summed E-state index contributed by atoms with van der Waals surface area (Å²) in [5.41, 5.74) is 0. The Labute approximate surface area is 59.4 Å². The van der Waals surface area contributed by atoms with E-state index >= 15 is 0 Å². The predicted octanol–water partition coefficient (Wildman–Crippen LogP) is 0.465. The topological polar surface area (TPSA) is 43.4 Å². The van der Waals surface area contributed by atoms with Crippen molar-refractivity contribution in [1.29, 1.82) is 0 Å². The number of ether oxygens (including phenoxy) is 1. The lowest BCUT2D eigenvalue weighted by Gasteiger charge is -2.36. The molecule has 0 aromatic rings. The van der Waals surface area contributed by atoms with Gasteiger partial charge in [-0.1, -0.05) is 6.92 Å². The molecule has 0 unspecified atom stereocenters. The van der Waals surface area contributed by atoms with Crippen molar-refractivity contribution in [3.8, 4) is 0 Å². The van der Waals surface area contributed by atoms with Crippen molar-refractivity contribution in [2.75, 3.05) is 13.2 Å². The summed E-state index contributed by atoms with van der Waals surface area (Å²) in [6.45, 7) is 1.64. The van der Waals surface area contributed by atoms with E-state index in [2.05, 4.69) is 4.74 Å². The Balaban J connectivity index is 2.85. The van der Waals surface area contributed by atoms with Gasteiger partial charge in [0.1, 0.15) is 4.75 Å². The highest BCUT2D eigenvalue weighted by molar-refractivity contribution is 7.87. The molecule has 3 nitrogen and oxygen atoms in total. The first kappa shape index (κ1) is 7.94. The van der Waals surface area contributed by atoms with Gasteiger partial charge in [-0.15, -0.1) is 3.89 Å². The Morgan fingerprint density at radius 2 is 2.10 bits per heavy atom. The molecule has 5 heteroatoms. The quantitative estimate of drug-likeness (QED) is 0.563. The molecule has 1 aliphatic heterocycles. The van der Waals surface area contributed by atoms with E-state index in [1.54, 1.807) is 6.92 Å². The number of halogens is 1. The molecule has 60 valence electrons. The van der Waals surface area contributed by atoms with Crippen LogP contribution in [0.4, 0.5) is 3.89 Å². The highest BCUT2D eigenvalue weighted by Crippen LogP contribution is 2.31. The van der Waals surface area contributed by atoms with E-state index in [-0.39, 0.29) is 19.6 Å². The van der Waals surface area contributed by atoms with E-state index in [1.807, 2.05) is 0 Å². The molecule has 0 aromatic carbocycles. The molecule has 1 rings (SSSR count). The van der Waals surface area contributed by atoms with Gasteiger partial charge in [-0.2, -0.15) is 8.42 Å². The summed E-state index contributed by atoms with van der Waals surface area (Å²) in [5, 5.41) is 0. The zero-order chi connectivity index (χ0) is 7.83. The summed E-state index contributed by atoms with van der Waals surface area (Å²) in [5.74, 6) is 0. The fourth-order valence-electron chi connectivity index (χ4n) is 0.847. The molecule has 0 bridgehead atoms. The monoisotopic (exact) mass is 168 g/mol. The highest BCUT2D eigenvalue weighted by Gasteiger charge is 2.49. The second kappa shape index (κ2) is 2.17. The van der Waals surface area contributed by atoms with Crippen molar-refractivity contribution in [3.05, 3.63) is 0 Å². The maximum atomic E-state index is 12.4. The minimum atomic E-state index is -4.40. The van der Waals surface area contributed by atoms with Crippen LogP contribution in [0.5, 0.6) is 0 Å². The van der Waals surface area contributed by atoms with Gasteiger partial charge in [0.2, 0.25) is 0 Å². The van der Waals surface area contributed by atoms with Crippen molar-refractivity contribution in [1.82, 2.24) is 0 Å². The minimum Gasteiger partial charge on any atom is -0.378 e. The Morgan fingerprint density at radius 1 is 1.60 bits per heavy atom. The Kier molecular flexibility index (Phi) is 1.72. The van der Waals surface area contributed by atoms with Gasteiger partial charge >= 0.3 is 10.2 Å². The predicted molar refractivity (Wildman–Crippen MR) is 33.9 cm³/mol. The van der Waals surface area contributed by atoms with Crippen molar-refractivity contribution in [2.45, 2.75) is 18.1 Å². The van der Waals surface area contributed by atoms with Gasteiger partial charge in [0.05, 0.1) is 13.2 Å². The lowest BCUT2D eigenvalue weighted by Crippen LogP contribution is -2.53. The summed E-state index contributed by atoms with van der Waals surface area (Å²) in [6, 6.07) is 0. The van der Waals surface area contributed by atoms with Crippen molar-refractivity contribution < 1.29 is 17.0 Å². The third kappa shape index (κ3) is 0.932. The fraction of sp³-hybridized carbons (Fsp3) is 1.00. The molecule has 0 aliphatic carbocycles. The average molecular weight is 168 g/mol. The van der Waals surface area contributed by atoms with E-state index in [9.17, 15) is 12.3 Å². The van der Waals surface area contributed by atoms with Gasteiger partial charge < -0.3 is 4.74 Å². The SMILES string of the molecule is CCC1(S(=O)(=O)F)COC1. The maximum absolute atomic E-state index is 12.4. The van der Waals surface area contributed by atoms with Crippen LogP contribution >= 0.6 is 0 Å². The molecule has 0 aromatic heterocycles. The van der Waals surface area contributed by atoms with Crippen molar-refractivity contribution >= 4 is 10.2 Å². The van der Waals surface area contributed by atoms with E-state index in [4.69, 9.17) is 0 Å². The standard InChI is InChI=1S/C5H9FO3S/c1-2-5(3-9-4-5)10(6,7)8/h2-4H2,1H3. The van der Waals surface area contributed by atoms with Gasteiger partial charge in [-0.25, -0.2) is 0 Å². The van der Waals surface area contributed by atoms with Gasteiger partial charge in [0.25, 0.3) is 0 Å². The molecular formula is C5H9FO3S. The van der Waals surface area contributed by atoms with E-state index in [0.717, 1.165) is 0 Å². The Bertz CT molecular complexity index is 212. The third-order valence-corrected chi connectivity index (χ3v) is 3.45. The second-order valence-corrected chi connectivity index (χ2v) is 4.21. The minimum absolute atomic E-state index is 0.00231. The van der Waals surface area contributed by atoms with Gasteiger partial charge in [0.15, 0.2) is 0 Å². The molecule has 0 spiro atoms. The van der Waals surface area contributed by atoms with Crippen molar-refractivity contribution in [3.63, 3.8) is 0 Å². The van der Waals surface area contributed by atoms with Crippen LogP contribution in [-0.4, -0.2) is 26.4 Å². The lowest BCUT2D eigenvalue weighted by molar-refractivity contribution is -0.0171. The molecule has 0 N–H and O–H groups in total. The number of rotatable bonds is 2. The largest absolute Gasteiger partial charge is 0.378 e. The number of hydrogen-bond acceptors (Lipinski definition) is 3. The Morgan fingerprint density at radius 3 is 2.10 bits per heavy atom. The molecular weight excluding hydrogens is 159 g/mol. The third-order valence-electron chi connectivity index (χ3n) is 1.89.